The summed E-state index contributed by atoms with van der Waals surface area (Å²) in [4.78, 5) is 18.2. The van der Waals surface area contributed by atoms with Crippen LogP contribution in [0.15, 0.2) is 24.4 Å². The van der Waals surface area contributed by atoms with Crippen LogP contribution in [0, 0.1) is 6.92 Å². The number of nitrogens with zero attached hydrogens (tertiary/aromatic N) is 1. The summed E-state index contributed by atoms with van der Waals surface area (Å²) >= 11 is 0. The van der Waals surface area contributed by atoms with E-state index in [9.17, 15) is 4.79 Å². The second kappa shape index (κ2) is 4.91. The molecule has 0 saturated carbocycles. The fourth-order valence-corrected chi connectivity index (χ4v) is 1.69. The average molecular weight is 246 g/mol. The number of esters is 1. The minimum atomic E-state index is -0.485. The Labute approximate surface area is 105 Å². The van der Waals surface area contributed by atoms with Crippen molar-refractivity contribution in [1.29, 1.82) is 0 Å². The van der Waals surface area contributed by atoms with Crippen molar-refractivity contribution >= 4 is 5.97 Å². The van der Waals surface area contributed by atoms with Crippen molar-refractivity contribution in [3.63, 3.8) is 0 Å². The van der Waals surface area contributed by atoms with Crippen molar-refractivity contribution in [3.05, 3.63) is 35.8 Å². The first-order chi connectivity index (χ1) is 8.63. The molecule has 0 saturated heterocycles. The highest BCUT2D eigenvalue weighted by Crippen LogP contribution is 2.24. The van der Waals surface area contributed by atoms with Crippen molar-refractivity contribution in [2.45, 2.75) is 6.92 Å². The Morgan fingerprint density at radius 1 is 1.28 bits per heavy atom. The number of nitrogens with one attached hydrogen (secondary N) is 1. The molecule has 5 nitrogen and oxygen atoms in total. The number of carbonyl (C=O) groups is 1. The molecule has 2 aromatic rings. The van der Waals surface area contributed by atoms with Gasteiger partial charge in [-0.25, -0.2) is 9.78 Å². The SMILES string of the molecule is COC(=O)c1ncc(-c2cc(C)cc(OC)c2)[nH]1. The number of benzene rings is 1. The second-order valence-electron chi connectivity index (χ2n) is 3.88. The van der Waals surface area contributed by atoms with E-state index in [2.05, 4.69) is 14.7 Å². The molecule has 0 unspecified atom stereocenters. The van der Waals surface area contributed by atoms with Gasteiger partial charge >= 0.3 is 5.97 Å². The molecule has 0 bridgehead atoms. The maximum absolute atomic E-state index is 11.3. The molecular weight excluding hydrogens is 232 g/mol. The molecule has 0 radical (unpaired) electrons. The van der Waals surface area contributed by atoms with Gasteiger partial charge in [0, 0.05) is 5.56 Å². The molecule has 0 amide bonds. The second-order valence-corrected chi connectivity index (χ2v) is 3.88. The normalized spacial score (nSPS) is 10.2. The van der Waals surface area contributed by atoms with Crippen LogP contribution in [-0.4, -0.2) is 30.2 Å². The van der Waals surface area contributed by atoms with E-state index in [1.54, 1.807) is 13.3 Å². The van der Waals surface area contributed by atoms with E-state index < -0.39 is 5.97 Å². The Bertz CT molecular complexity index is 575. The number of hydrogen-bond acceptors (Lipinski definition) is 4. The maximum atomic E-state index is 11.3. The summed E-state index contributed by atoms with van der Waals surface area (Å²) in [5.74, 6) is 0.466. The van der Waals surface area contributed by atoms with Gasteiger partial charge in [0.2, 0.25) is 5.82 Å². The Morgan fingerprint density at radius 3 is 2.72 bits per heavy atom. The predicted octanol–water partition coefficient (Wildman–Crippen LogP) is 2.18. The van der Waals surface area contributed by atoms with Crippen LogP contribution >= 0.6 is 0 Å². The van der Waals surface area contributed by atoms with Crippen LogP contribution in [0.1, 0.15) is 16.2 Å². The van der Waals surface area contributed by atoms with Crippen LogP contribution in [0.4, 0.5) is 0 Å². The highest BCUT2D eigenvalue weighted by atomic mass is 16.5. The summed E-state index contributed by atoms with van der Waals surface area (Å²) in [5, 5.41) is 0. The van der Waals surface area contributed by atoms with Gasteiger partial charge in [-0.15, -0.1) is 0 Å². The van der Waals surface area contributed by atoms with Crippen LogP contribution in [0.5, 0.6) is 5.75 Å². The van der Waals surface area contributed by atoms with Crippen molar-refractivity contribution in [2.75, 3.05) is 14.2 Å². The molecule has 1 N–H and O–H groups in total. The van der Waals surface area contributed by atoms with Crippen LogP contribution in [0.2, 0.25) is 0 Å². The van der Waals surface area contributed by atoms with E-state index in [1.165, 1.54) is 7.11 Å². The number of imidazole rings is 1. The lowest BCUT2D eigenvalue weighted by atomic mass is 10.1. The van der Waals surface area contributed by atoms with Gasteiger partial charge in [0.15, 0.2) is 0 Å². The minimum Gasteiger partial charge on any atom is -0.497 e. The number of carbonyl (C=O) groups excluding carboxylic acids is 1. The number of ether oxygens (including phenoxy) is 2. The summed E-state index contributed by atoms with van der Waals surface area (Å²) in [6.45, 7) is 1.98. The molecule has 0 aliphatic carbocycles. The molecular formula is C13H14N2O3. The van der Waals surface area contributed by atoms with E-state index >= 15 is 0 Å². The lowest BCUT2D eigenvalue weighted by Crippen LogP contribution is -2.03. The zero-order valence-electron chi connectivity index (χ0n) is 10.5. The minimum absolute atomic E-state index is 0.188. The lowest BCUT2D eigenvalue weighted by Gasteiger charge is -2.04. The molecule has 1 aromatic heterocycles. The Kier molecular flexibility index (Phi) is 3.32. The Morgan fingerprint density at radius 2 is 2.06 bits per heavy atom. The van der Waals surface area contributed by atoms with Gasteiger partial charge in [0.05, 0.1) is 26.1 Å². The Hall–Kier alpha value is -2.30. The van der Waals surface area contributed by atoms with Crippen molar-refractivity contribution < 1.29 is 14.3 Å². The van der Waals surface area contributed by atoms with E-state index in [0.29, 0.717) is 0 Å². The van der Waals surface area contributed by atoms with Crippen molar-refractivity contribution in [2.24, 2.45) is 0 Å². The number of methoxy groups -OCH3 is 2. The van der Waals surface area contributed by atoms with E-state index in [4.69, 9.17) is 4.74 Å². The molecule has 5 heteroatoms. The molecule has 1 aromatic carbocycles. The predicted molar refractivity (Wildman–Crippen MR) is 66.7 cm³/mol. The lowest BCUT2D eigenvalue weighted by molar-refractivity contribution is 0.0588. The average Bonchev–Trinajstić information content (AvgIpc) is 2.86. The van der Waals surface area contributed by atoms with Gasteiger partial charge in [-0.3, -0.25) is 0 Å². The smallest absolute Gasteiger partial charge is 0.374 e. The number of rotatable bonds is 3. The van der Waals surface area contributed by atoms with E-state index in [0.717, 1.165) is 22.6 Å². The molecule has 0 aliphatic rings. The summed E-state index contributed by atoms with van der Waals surface area (Å²) in [7, 11) is 2.94. The number of aromatic nitrogens is 2. The molecule has 0 atom stereocenters. The molecule has 18 heavy (non-hydrogen) atoms. The van der Waals surface area contributed by atoms with Crippen LogP contribution < -0.4 is 4.74 Å². The molecule has 0 fully saturated rings. The number of H-pyrrole nitrogens is 1. The highest BCUT2D eigenvalue weighted by Gasteiger charge is 2.11. The third-order valence-corrected chi connectivity index (χ3v) is 2.55. The zero-order chi connectivity index (χ0) is 13.1. The molecule has 0 aliphatic heterocycles. The highest BCUT2D eigenvalue weighted by molar-refractivity contribution is 5.86. The quantitative estimate of drug-likeness (QED) is 0.843. The van der Waals surface area contributed by atoms with E-state index in [-0.39, 0.29) is 5.82 Å². The van der Waals surface area contributed by atoms with Crippen molar-refractivity contribution in [1.82, 2.24) is 9.97 Å². The summed E-state index contributed by atoms with van der Waals surface area (Å²) in [6.07, 6.45) is 1.60. The first-order valence-corrected chi connectivity index (χ1v) is 5.43. The van der Waals surface area contributed by atoms with Crippen LogP contribution in [0.25, 0.3) is 11.3 Å². The van der Waals surface area contributed by atoms with E-state index in [1.807, 2.05) is 25.1 Å². The number of aromatic amines is 1. The maximum Gasteiger partial charge on any atom is 0.374 e. The first-order valence-electron chi connectivity index (χ1n) is 5.43. The summed E-state index contributed by atoms with van der Waals surface area (Å²) in [6, 6.07) is 5.79. The van der Waals surface area contributed by atoms with Gasteiger partial charge in [-0.1, -0.05) is 0 Å². The molecule has 2 rings (SSSR count). The van der Waals surface area contributed by atoms with Gasteiger partial charge in [0.1, 0.15) is 5.75 Å². The molecule has 94 valence electrons. The van der Waals surface area contributed by atoms with Crippen LogP contribution in [0.3, 0.4) is 0 Å². The topological polar surface area (TPSA) is 64.2 Å². The molecule has 0 spiro atoms. The third-order valence-electron chi connectivity index (χ3n) is 2.55. The number of hydrogen-bond donors (Lipinski definition) is 1. The summed E-state index contributed by atoms with van der Waals surface area (Å²) in [5.41, 5.74) is 2.73. The van der Waals surface area contributed by atoms with Gasteiger partial charge in [0.25, 0.3) is 0 Å². The first kappa shape index (κ1) is 12.2. The monoisotopic (exact) mass is 246 g/mol. The van der Waals surface area contributed by atoms with Crippen molar-refractivity contribution in [3.8, 4) is 17.0 Å². The molecule has 1 heterocycles. The largest absolute Gasteiger partial charge is 0.497 e. The fourth-order valence-electron chi connectivity index (χ4n) is 1.69. The van der Waals surface area contributed by atoms with Crippen LogP contribution in [-0.2, 0) is 4.74 Å². The summed E-state index contributed by atoms with van der Waals surface area (Å²) < 4.78 is 9.80. The Balaban J connectivity index is 2.39. The standard InChI is InChI=1S/C13H14N2O3/c1-8-4-9(6-10(5-8)17-2)11-7-14-12(15-11)13(16)18-3/h4-7H,1-3H3,(H,14,15). The van der Waals surface area contributed by atoms with Gasteiger partial charge in [-0.05, 0) is 30.7 Å². The van der Waals surface area contributed by atoms with Gasteiger partial charge in [-0.2, -0.15) is 0 Å². The number of aryl methyl sites for hydroxylation is 1. The van der Waals surface area contributed by atoms with Gasteiger partial charge < -0.3 is 14.5 Å². The third kappa shape index (κ3) is 2.34. The zero-order valence-corrected chi connectivity index (χ0v) is 10.5. The fraction of sp³-hybridized carbons (Fsp3) is 0.231.